The normalized spacial score (nSPS) is 11.7. The molecule has 0 unspecified atom stereocenters. The third-order valence-corrected chi connectivity index (χ3v) is 9.91. The summed E-state index contributed by atoms with van der Waals surface area (Å²) in [6, 6.07) is 14.1. The SMILES string of the molecule is COP(=O)(On1ccc(NC(=O)c2ccc(C(F)(F)F)cc2Oc2ccc(F)cc2C)cc1=O)On1ccc(NC(=O)c2ccc(C(F)(F)F)cc2Oc2ccc(F)cc2C)cc1=O. The molecule has 4 aromatic carbocycles. The number of halogens is 8. The number of nitrogens with one attached hydrogen (secondary N) is 2. The van der Waals surface area contributed by atoms with Crippen molar-refractivity contribution in [2.24, 2.45) is 0 Å². The van der Waals surface area contributed by atoms with Crippen LogP contribution in [-0.2, 0) is 21.4 Å². The molecule has 2 N–H and O–H groups in total. The first-order valence-corrected chi connectivity index (χ1v) is 19.4. The van der Waals surface area contributed by atoms with Crippen LogP contribution < -0.4 is 40.5 Å². The van der Waals surface area contributed by atoms with Crippen molar-refractivity contribution >= 4 is 31.0 Å². The van der Waals surface area contributed by atoms with E-state index >= 15 is 0 Å². The van der Waals surface area contributed by atoms with Crippen LogP contribution in [0, 0.1) is 25.5 Å². The number of hydrogen-bond donors (Lipinski definition) is 2. The van der Waals surface area contributed by atoms with Gasteiger partial charge >= 0.3 is 20.2 Å². The van der Waals surface area contributed by atoms with E-state index < -0.39 is 88.5 Å². The van der Waals surface area contributed by atoms with Crippen molar-refractivity contribution in [3.8, 4) is 23.0 Å². The van der Waals surface area contributed by atoms with E-state index in [9.17, 15) is 58.9 Å². The van der Waals surface area contributed by atoms with E-state index in [1.807, 2.05) is 0 Å². The Morgan fingerprint density at radius 2 is 0.953 bits per heavy atom. The number of pyridine rings is 2. The van der Waals surface area contributed by atoms with Crippen LogP contribution in [0.25, 0.3) is 0 Å². The van der Waals surface area contributed by atoms with E-state index in [2.05, 4.69) is 10.6 Å². The second-order valence-electron chi connectivity index (χ2n) is 13.3. The van der Waals surface area contributed by atoms with Crippen molar-refractivity contribution in [3.63, 3.8) is 0 Å². The lowest BCUT2D eigenvalue weighted by atomic mass is 10.1. The van der Waals surface area contributed by atoms with Gasteiger partial charge in [-0.15, -0.1) is 9.46 Å². The number of phosphoric acid groups is 1. The smallest absolute Gasteiger partial charge is 0.456 e. The number of alkyl halides is 6. The monoisotopic (exact) mass is 920 g/mol. The topological polar surface area (TPSA) is 165 Å². The quantitative estimate of drug-likeness (QED) is 0.0843. The Morgan fingerprint density at radius 1 is 0.562 bits per heavy atom. The van der Waals surface area contributed by atoms with Crippen molar-refractivity contribution in [3.05, 3.63) is 175 Å². The molecule has 23 heteroatoms. The molecular formula is C41H29F8N4O10P. The van der Waals surface area contributed by atoms with E-state index in [-0.39, 0.29) is 34.0 Å². The summed E-state index contributed by atoms with van der Waals surface area (Å²) >= 11 is 0. The highest BCUT2D eigenvalue weighted by molar-refractivity contribution is 7.48. The summed E-state index contributed by atoms with van der Waals surface area (Å²) in [7, 11) is -4.10. The molecule has 2 heterocycles. The summed E-state index contributed by atoms with van der Waals surface area (Å²) in [6.07, 6.45) is -7.97. The largest absolute Gasteiger partial charge is 0.626 e. The lowest BCUT2D eigenvalue weighted by molar-refractivity contribution is -0.138. The number of benzene rings is 4. The Balaban J connectivity index is 1.16. The second-order valence-corrected chi connectivity index (χ2v) is 14.9. The predicted molar refractivity (Wildman–Crippen MR) is 210 cm³/mol. The third-order valence-electron chi connectivity index (χ3n) is 8.71. The maximum Gasteiger partial charge on any atom is 0.626 e. The Bertz CT molecular complexity index is 2760. The molecule has 0 spiro atoms. The number of amides is 2. The highest BCUT2D eigenvalue weighted by Gasteiger charge is 2.35. The van der Waals surface area contributed by atoms with E-state index in [1.165, 1.54) is 13.8 Å². The molecule has 0 atom stereocenters. The molecule has 0 fully saturated rings. The van der Waals surface area contributed by atoms with E-state index in [4.69, 9.17) is 23.2 Å². The van der Waals surface area contributed by atoms with Crippen molar-refractivity contribution in [1.29, 1.82) is 0 Å². The first kappa shape index (κ1) is 46.1. The zero-order valence-corrected chi connectivity index (χ0v) is 33.7. The number of aromatic nitrogens is 2. The molecule has 334 valence electrons. The summed E-state index contributed by atoms with van der Waals surface area (Å²) in [5, 5.41) is 4.63. The minimum absolute atomic E-state index is 0.0547. The van der Waals surface area contributed by atoms with Crippen LogP contribution in [0.3, 0.4) is 0 Å². The lowest BCUT2D eigenvalue weighted by Crippen LogP contribution is -2.31. The van der Waals surface area contributed by atoms with Gasteiger partial charge in [0.2, 0.25) is 0 Å². The van der Waals surface area contributed by atoms with Gasteiger partial charge in [-0.3, -0.25) is 33.0 Å². The molecule has 0 aliphatic heterocycles. The van der Waals surface area contributed by atoms with Crippen molar-refractivity contribution in [1.82, 2.24) is 9.46 Å². The molecule has 2 amide bonds. The second kappa shape index (κ2) is 18.1. The number of carbonyl (C=O) groups excluding carboxylic acids is 2. The Kier molecular flexibility index (Phi) is 13.0. The van der Waals surface area contributed by atoms with Gasteiger partial charge in [-0.05, 0) is 110 Å². The summed E-state index contributed by atoms with van der Waals surface area (Å²) in [4.78, 5) is 52.5. The van der Waals surface area contributed by atoms with Gasteiger partial charge in [-0.25, -0.2) is 13.3 Å². The first-order chi connectivity index (χ1) is 30.0. The summed E-state index contributed by atoms with van der Waals surface area (Å²) < 4.78 is 149. The molecule has 6 aromatic rings. The number of rotatable bonds is 13. The van der Waals surface area contributed by atoms with Crippen LogP contribution in [0.4, 0.5) is 46.5 Å². The molecule has 0 aliphatic carbocycles. The van der Waals surface area contributed by atoms with Crippen molar-refractivity contribution < 1.29 is 72.5 Å². The highest BCUT2D eigenvalue weighted by Crippen LogP contribution is 2.41. The molecule has 2 aromatic heterocycles. The van der Waals surface area contributed by atoms with Crippen LogP contribution in [0.5, 0.6) is 23.0 Å². The number of hydrogen-bond acceptors (Lipinski definition) is 10. The molecule has 0 saturated heterocycles. The summed E-state index contributed by atoms with van der Waals surface area (Å²) in [6.45, 7) is 2.85. The van der Waals surface area contributed by atoms with Crippen molar-refractivity contribution in [2.45, 2.75) is 26.2 Å². The van der Waals surface area contributed by atoms with E-state index in [0.29, 0.717) is 33.7 Å². The fraction of sp³-hybridized carbons (Fsp3) is 0.122. The lowest BCUT2D eigenvalue weighted by Gasteiger charge is -2.18. The zero-order valence-electron chi connectivity index (χ0n) is 32.8. The number of anilines is 2. The third kappa shape index (κ3) is 10.9. The number of aryl methyl sites for hydroxylation is 2. The number of ether oxygens (including phenoxy) is 2. The molecule has 0 saturated carbocycles. The van der Waals surface area contributed by atoms with Crippen LogP contribution in [0.15, 0.2) is 119 Å². The van der Waals surface area contributed by atoms with Crippen LogP contribution >= 0.6 is 7.82 Å². The van der Waals surface area contributed by atoms with E-state index in [0.717, 1.165) is 92.3 Å². The molecule has 64 heavy (non-hydrogen) atoms. The maximum absolute atomic E-state index is 13.6. The minimum atomic E-state index is -4.92. The average molecular weight is 921 g/mol. The van der Waals surface area contributed by atoms with Crippen LogP contribution in [-0.4, -0.2) is 28.4 Å². The van der Waals surface area contributed by atoms with Crippen LogP contribution in [0.2, 0.25) is 0 Å². The summed E-state index contributed by atoms with van der Waals surface area (Å²) in [5.41, 5.74) is -5.45. The van der Waals surface area contributed by atoms with Gasteiger partial charge in [0, 0.05) is 30.6 Å². The maximum atomic E-state index is 13.6. The first-order valence-electron chi connectivity index (χ1n) is 18.0. The van der Waals surface area contributed by atoms with Crippen LogP contribution in [0.1, 0.15) is 43.0 Å². The van der Waals surface area contributed by atoms with Gasteiger partial charge in [0.05, 0.1) is 34.6 Å². The van der Waals surface area contributed by atoms with Gasteiger partial charge in [0.25, 0.3) is 22.9 Å². The fourth-order valence-electron chi connectivity index (χ4n) is 5.55. The number of nitrogens with zero attached hydrogens (tertiary/aromatic N) is 2. The van der Waals surface area contributed by atoms with Gasteiger partial charge in [-0.1, -0.05) is 0 Å². The average Bonchev–Trinajstić information content (AvgIpc) is 3.21. The molecule has 0 aliphatic rings. The Labute approximate surface area is 354 Å². The minimum Gasteiger partial charge on any atom is -0.456 e. The highest BCUT2D eigenvalue weighted by atomic mass is 31.2. The molecule has 0 radical (unpaired) electrons. The van der Waals surface area contributed by atoms with Gasteiger partial charge in [0.15, 0.2) is 0 Å². The summed E-state index contributed by atoms with van der Waals surface area (Å²) in [5.74, 6) is -4.59. The molecular weight excluding hydrogens is 891 g/mol. The predicted octanol–water partition coefficient (Wildman–Crippen LogP) is 9.34. The standard InChI is InChI=1S/C41H29F8N4O10P/c1-22-16-26(42)6-10-32(22)60-34-18-24(40(44,45)46)4-8-30(34)38(56)50-28-12-14-52(36(54)20-28)62-64(58,59-3)63-53-15-13-29(21-37(53)55)51-39(57)31-9-5-25(41(47,48)49)19-35(31)61-33-11-7-27(43)17-23(33)2/h4-21H,1-3H3,(H,50,56)(H,51,57). The van der Waals surface area contributed by atoms with Gasteiger partial charge in [-0.2, -0.15) is 26.3 Å². The number of carbonyl (C=O) groups is 2. The zero-order chi connectivity index (χ0) is 46.7. The molecule has 6 rings (SSSR count). The van der Waals surface area contributed by atoms with E-state index in [1.54, 1.807) is 0 Å². The Morgan fingerprint density at radius 3 is 1.28 bits per heavy atom. The fourth-order valence-corrected chi connectivity index (χ4v) is 6.41. The molecule has 14 nitrogen and oxygen atoms in total. The van der Waals surface area contributed by atoms with Crippen molar-refractivity contribution in [2.75, 3.05) is 17.7 Å². The van der Waals surface area contributed by atoms with Gasteiger partial charge in [0.1, 0.15) is 34.6 Å². The van der Waals surface area contributed by atoms with Gasteiger partial charge < -0.3 is 20.1 Å². The Hall–Kier alpha value is -7.45. The molecule has 0 bridgehead atoms.